The zero-order valence-electron chi connectivity index (χ0n) is 10.9. The van der Waals surface area contributed by atoms with Crippen LogP contribution in [0.15, 0.2) is 36.5 Å². The summed E-state index contributed by atoms with van der Waals surface area (Å²) in [5, 5.41) is 10.3. The van der Waals surface area contributed by atoms with Crippen LogP contribution >= 0.6 is 12.4 Å². The van der Waals surface area contributed by atoms with Gasteiger partial charge in [0.1, 0.15) is 11.9 Å². The van der Waals surface area contributed by atoms with Gasteiger partial charge in [-0.05, 0) is 5.56 Å². The Bertz CT molecular complexity index is 494. The maximum atomic E-state index is 10.3. The maximum Gasteiger partial charge on any atom is 0.121 e. The van der Waals surface area contributed by atoms with Gasteiger partial charge < -0.3 is 9.67 Å². The molecule has 0 aliphatic heterocycles. The quantitative estimate of drug-likeness (QED) is 0.927. The lowest BCUT2D eigenvalue weighted by molar-refractivity contribution is 0.211. The Labute approximate surface area is 114 Å². The Hall–Kier alpha value is -1.32. The number of aliphatic hydroxyl groups excluding tert-OH is 1. The van der Waals surface area contributed by atoms with E-state index in [4.69, 9.17) is 0 Å². The number of hydrogen-bond donors (Lipinski definition) is 1. The average molecular weight is 267 g/mol. The molecule has 1 aromatic heterocycles. The second kappa shape index (κ2) is 6.03. The standard InChI is InChI=1S/C14H18N2O.ClH/c1-10(2)14-15-9-12(16(14)3)13(17)11-7-5-4-6-8-11;/h4-10,13,17H,1-3H3;1H. The topological polar surface area (TPSA) is 38.1 Å². The van der Waals surface area contributed by atoms with Crippen LogP contribution in [-0.4, -0.2) is 14.7 Å². The van der Waals surface area contributed by atoms with Crippen LogP contribution in [0, 0.1) is 0 Å². The van der Waals surface area contributed by atoms with Crippen LogP contribution in [0.3, 0.4) is 0 Å². The molecular formula is C14H19ClN2O. The lowest BCUT2D eigenvalue weighted by Gasteiger charge is -2.13. The lowest BCUT2D eigenvalue weighted by atomic mass is 10.1. The summed E-state index contributed by atoms with van der Waals surface area (Å²) in [7, 11) is 1.95. The van der Waals surface area contributed by atoms with Crippen LogP contribution in [0.5, 0.6) is 0 Å². The molecule has 2 aromatic rings. The van der Waals surface area contributed by atoms with E-state index in [0.717, 1.165) is 17.1 Å². The van der Waals surface area contributed by atoms with Gasteiger partial charge in [0.15, 0.2) is 0 Å². The molecule has 2 rings (SSSR count). The molecule has 0 aliphatic rings. The number of aliphatic hydroxyl groups is 1. The third kappa shape index (κ3) is 2.74. The van der Waals surface area contributed by atoms with Gasteiger partial charge in [-0.15, -0.1) is 12.4 Å². The highest BCUT2D eigenvalue weighted by atomic mass is 35.5. The molecule has 0 fully saturated rings. The van der Waals surface area contributed by atoms with E-state index >= 15 is 0 Å². The van der Waals surface area contributed by atoms with Crippen molar-refractivity contribution in [3.63, 3.8) is 0 Å². The molecule has 1 heterocycles. The Balaban J connectivity index is 0.00000162. The van der Waals surface area contributed by atoms with Gasteiger partial charge in [-0.25, -0.2) is 4.98 Å². The van der Waals surface area contributed by atoms with Gasteiger partial charge in [-0.2, -0.15) is 0 Å². The van der Waals surface area contributed by atoms with E-state index in [9.17, 15) is 5.11 Å². The molecule has 0 spiro atoms. The Morgan fingerprint density at radius 1 is 1.17 bits per heavy atom. The van der Waals surface area contributed by atoms with Crippen LogP contribution in [0.1, 0.15) is 43.0 Å². The number of hydrogen-bond acceptors (Lipinski definition) is 2. The third-order valence-corrected chi connectivity index (χ3v) is 2.97. The molecule has 0 aliphatic carbocycles. The van der Waals surface area contributed by atoms with Crippen molar-refractivity contribution in [3.05, 3.63) is 53.6 Å². The fourth-order valence-corrected chi connectivity index (χ4v) is 2.03. The molecular weight excluding hydrogens is 248 g/mol. The van der Waals surface area contributed by atoms with Crippen molar-refractivity contribution in [1.82, 2.24) is 9.55 Å². The number of halogens is 1. The average Bonchev–Trinajstić information content (AvgIpc) is 2.71. The summed E-state index contributed by atoms with van der Waals surface area (Å²) in [6.45, 7) is 4.20. The molecule has 1 N–H and O–H groups in total. The zero-order valence-corrected chi connectivity index (χ0v) is 11.7. The van der Waals surface area contributed by atoms with Gasteiger partial charge in [0.2, 0.25) is 0 Å². The molecule has 0 bridgehead atoms. The van der Waals surface area contributed by atoms with Crippen LogP contribution in [-0.2, 0) is 7.05 Å². The van der Waals surface area contributed by atoms with Gasteiger partial charge in [-0.3, -0.25) is 0 Å². The predicted octanol–water partition coefficient (Wildman–Crippen LogP) is 3.05. The number of rotatable bonds is 3. The first-order valence-corrected chi connectivity index (χ1v) is 5.85. The molecule has 98 valence electrons. The van der Waals surface area contributed by atoms with E-state index in [1.165, 1.54) is 0 Å². The Morgan fingerprint density at radius 3 is 2.28 bits per heavy atom. The minimum atomic E-state index is -0.610. The first-order chi connectivity index (χ1) is 8.11. The minimum Gasteiger partial charge on any atom is -0.382 e. The van der Waals surface area contributed by atoms with Crippen molar-refractivity contribution in [2.45, 2.75) is 25.9 Å². The summed E-state index contributed by atoms with van der Waals surface area (Å²) >= 11 is 0. The normalized spacial score (nSPS) is 12.3. The highest BCUT2D eigenvalue weighted by Crippen LogP contribution is 2.24. The van der Waals surface area contributed by atoms with Gasteiger partial charge in [0, 0.05) is 13.0 Å². The summed E-state index contributed by atoms with van der Waals surface area (Å²) in [6, 6.07) is 9.65. The van der Waals surface area contributed by atoms with Crippen LogP contribution in [0.2, 0.25) is 0 Å². The molecule has 0 saturated heterocycles. The van der Waals surface area contributed by atoms with E-state index in [0.29, 0.717) is 5.92 Å². The highest BCUT2D eigenvalue weighted by molar-refractivity contribution is 5.85. The summed E-state index contributed by atoms with van der Waals surface area (Å²) < 4.78 is 1.97. The van der Waals surface area contributed by atoms with Crippen molar-refractivity contribution in [1.29, 1.82) is 0 Å². The van der Waals surface area contributed by atoms with Gasteiger partial charge in [0.25, 0.3) is 0 Å². The zero-order chi connectivity index (χ0) is 12.4. The summed E-state index contributed by atoms with van der Waals surface area (Å²) in [5.74, 6) is 1.35. The molecule has 1 aromatic carbocycles. The van der Waals surface area contributed by atoms with Gasteiger partial charge in [-0.1, -0.05) is 44.2 Å². The van der Waals surface area contributed by atoms with E-state index in [1.54, 1.807) is 6.20 Å². The van der Waals surface area contributed by atoms with E-state index < -0.39 is 6.10 Å². The Kier molecular flexibility index (Phi) is 4.93. The minimum absolute atomic E-state index is 0. The van der Waals surface area contributed by atoms with Crippen molar-refractivity contribution in [2.75, 3.05) is 0 Å². The fraction of sp³-hybridized carbons (Fsp3) is 0.357. The number of imidazole rings is 1. The first-order valence-electron chi connectivity index (χ1n) is 5.85. The van der Waals surface area contributed by atoms with Crippen molar-refractivity contribution in [3.8, 4) is 0 Å². The van der Waals surface area contributed by atoms with Gasteiger partial charge in [0.05, 0.1) is 11.9 Å². The van der Waals surface area contributed by atoms with E-state index in [-0.39, 0.29) is 12.4 Å². The molecule has 1 unspecified atom stereocenters. The molecule has 1 atom stereocenters. The van der Waals surface area contributed by atoms with Crippen LogP contribution < -0.4 is 0 Å². The fourth-order valence-electron chi connectivity index (χ4n) is 2.03. The molecule has 18 heavy (non-hydrogen) atoms. The molecule has 3 nitrogen and oxygen atoms in total. The van der Waals surface area contributed by atoms with E-state index in [1.807, 2.05) is 41.9 Å². The van der Waals surface area contributed by atoms with Crippen molar-refractivity contribution >= 4 is 12.4 Å². The first kappa shape index (κ1) is 14.7. The van der Waals surface area contributed by atoms with Crippen molar-refractivity contribution < 1.29 is 5.11 Å². The molecule has 0 saturated carbocycles. The SMILES string of the molecule is CC(C)c1ncc(C(O)c2ccccc2)n1C.Cl. The summed E-state index contributed by atoms with van der Waals surface area (Å²) in [4.78, 5) is 4.36. The smallest absolute Gasteiger partial charge is 0.121 e. The highest BCUT2D eigenvalue weighted by Gasteiger charge is 2.17. The predicted molar refractivity (Wildman–Crippen MR) is 75.0 cm³/mol. The van der Waals surface area contributed by atoms with Crippen molar-refractivity contribution in [2.24, 2.45) is 7.05 Å². The van der Waals surface area contributed by atoms with E-state index in [2.05, 4.69) is 18.8 Å². The number of nitrogens with zero attached hydrogens (tertiary/aromatic N) is 2. The number of benzene rings is 1. The van der Waals surface area contributed by atoms with Crippen LogP contribution in [0.4, 0.5) is 0 Å². The molecule has 0 radical (unpaired) electrons. The number of aromatic nitrogens is 2. The molecule has 4 heteroatoms. The largest absolute Gasteiger partial charge is 0.382 e. The van der Waals surface area contributed by atoms with Gasteiger partial charge >= 0.3 is 0 Å². The second-order valence-corrected chi connectivity index (χ2v) is 4.57. The summed E-state index contributed by atoms with van der Waals surface area (Å²) in [6.07, 6.45) is 1.15. The maximum absolute atomic E-state index is 10.3. The monoisotopic (exact) mass is 266 g/mol. The second-order valence-electron chi connectivity index (χ2n) is 4.57. The summed E-state index contributed by atoms with van der Waals surface area (Å²) in [5.41, 5.74) is 1.73. The molecule has 0 amide bonds. The van der Waals surface area contributed by atoms with Crippen LogP contribution in [0.25, 0.3) is 0 Å². The Morgan fingerprint density at radius 2 is 1.78 bits per heavy atom. The lowest BCUT2D eigenvalue weighted by Crippen LogP contribution is -2.08. The third-order valence-electron chi connectivity index (χ3n) is 2.97.